The topological polar surface area (TPSA) is 66.3 Å². The minimum Gasteiger partial charge on any atom is -0.360 e. The van der Waals surface area contributed by atoms with Crippen molar-refractivity contribution in [2.24, 2.45) is 5.92 Å². The highest BCUT2D eigenvalue weighted by molar-refractivity contribution is 7.20. The van der Waals surface area contributed by atoms with Gasteiger partial charge in [0.15, 0.2) is 0 Å². The quantitative estimate of drug-likeness (QED) is 0.677. The SMILES string of the molecule is CC1NNC(C)C1CNc1nn2cc(-c3ccc(F)cc3)nc2s1. The molecule has 6 nitrogen and oxygen atoms in total. The maximum Gasteiger partial charge on any atom is 0.214 e. The molecule has 1 aliphatic heterocycles. The van der Waals surface area contributed by atoms with Gasteiger partial charge in [0.05, 0.1) is 11.9 Å². The molecule has 2 unspecified atom stereocenters. The van der Waals surface area contributed by atoms with Crippen molar-refractivity contribution in [3.05, 3.63) is 36.3 Å². The fourth-order valence-electron chi connectivity index (χ4n) is 3.00. The van der Waals surface area contributed by atoms with Crippen molar-refractivity contribution in [1.29, 1.82) is 0 Å². The van der Waals surface area contributed by atoms with Gasteiger partial charge in [-0.2, -0.15) is 0 Å². The molecule has 0 spiro atoms. The van der Waals surface area contributed by atoms with E-state index in [-0.39, 0.29) is 5.82 Å². The van der Waals surface area contributed by atoms with Gasteiger partial charge in [0.25, 0.3) is 0 Å². The predicted molar refractivity (Wildman–Crippen MR) is 93.4 cm³/mol. The summed E-state index contributed by atoms with van der Waals surface area (Å²) in [5.41, 5.74) is 8.19. The standard InChI is InChI=1S/C16H19FN6S/c1-9-13(10(2)21-20-9)7-18-15-22-23-8-14(19-16(23)24-15)11-3-5-12(17)6-4-11/h3-6,8-10,13,20-21H,7H2,1-2H3,(H,18,22). The van der Waals surface area contributed by atoms with Gasteiger partial charge in [-0.1, -0.05) is 11.3 Å². The molecule has 3 aromatic rings. The van der Waals surface area contributed by atoms with E-state index in [2.05, 4.69) is 40.1 Å². The number of imidazole rings is 1. The molecule has 126 valence electrons. The first-order valence-corrected chi connectivity index (χ1v) is 8.79. The van der Waals surface area contributed by atoms with Crippen LogP contribution in [0.2, 0.25) is 0 Å². The van der Waals surface area contributed by atoms with Crippen LogP contribution in [-0.2, 0) is 0 Å². The number of aromatic nitrogens is 3. The fourth-order valence-corrected chi connectivity index (χ4v) is 3.79. The van der Waals surface area contributed by atoms with Gasteiger partial charge in [0.2, 0.25) is 10.1 Å². The highest BCUT2D eigenvalue weighted by atomic mass is 32.1. The summed E-state index contributed by atoms with van der Waals surface area (Å²) in [6, 6.07) is 7.17. The Kier molecular flexibility index (Phi) is 3.95. The third-order valence-corrected chi connectivity index (χ3v) is 5.38. The third-order valence-electron chi connectivity index (χ3n) is 4.50. The molecular formula is C16H19FN6S. The number of hydrogen-bond donors (Lipinski definition) is 3. The first-order chi connectivity index (χ1) is 11.6. The zero-order chi connectivity index (χ0) is 16.7. The largest absolute Gasteiger partial charge is 0.360 e. The fraction of sp³-hybridized carbons (Fsp3) is 0.375. The van der Waals surface area contributed by atoms with Gasteiger partial charge in [0, 0.05) is 30.1 Å². The van der Waals surface area contributed by atoms with E-state index in [1.54, 1.807) is 16.6 Å². The van der Waals surface area contributed by atoms with Crippen molar-refractivity contribution < 1.29 is 4.39 Å². The first kappa shape index (κ1) is 15.5. The van der Waals surface area contributed by atoms with Crippen LogP contribution in [0.1, 0.15) is 13.8 Å². The summed E-state index contributed by atoms with van der Waals surface area (Å²) in [5.74, 6) is 0.250. The number of anilines is 1. The van der Waals surface area contributed by atoms with Crippen LogP contribution in [0.15, 0.2) is 30.5 Å². The highest BCUT2D eigenvalue weighted by Crippen LogP contribution is 2.25. The molecule has 24 heavy (non-hydrogen) atoms. The molecule has 0 amide bonds. The van der Waals surface area contributed by atoms with Gasteiger partial charge in [-0.25, -0.2) is 13.9 Å². The van der Waals surface area contributed by atoms with Gasteiger partial charge in [0.1, 0.15) is 5.82 Å². The number of halogens is 1. The number of rotatable bonds is 4. The Morgan fingerprint density at radius 2 is 1.92 bits per heavy atom. The summed E-state index contributed by atoms with van der Waals surface area (Å²) in [6.45, 7) is 5.20. The Bertz CT molecular complexity index is 800. The third kappa shape index (κ3) is 2.88. The lowest BCUT2D eigenvalue weighted by atomic mass is 9.97. The molecule has 0 aliphatic carbocycles. The van der Waals surface area contributed by atoms with Gasteiger partial charge in [-0.3, -0.25) is 10.9 Å². The van der Waals surface area contributed by atoms with Gasteiger partial charge in [-0.05, 0) is 38.1 Å². The Morgan fingerprint density at radius 3 is 2.58 bits per heavy atom. The van der Waals surface area contributed by atoms with E-state index in [1.165, 1.54) is 23.5 Å². The molecule has 3 heterocycles. The molecule has 2 atom stereocenters. The summed E-state index contributed by atoms with van der Waals surface area (Å²) in [6.07, 6.45) is 1.87. The van der Waals surface area contributed by atoms with E-state index in [9.17, 15) is 4.39 Å². The van der Waals surface area contributed by atoms with Crippen LogP contribution in [0, 0.1) is 11.7 Å². The van der Waals surface area contributed by atoms with Crippen LogP contribution in [0.3, 0.4) is 0 Å². The maximum atomic E-state index is 13.0. The van der Waals surface area contributed by atoms with Gasteiger partial charge >= 0.3 is 0 Å². The van der Waals surface area contributed by atoms with Crippen LogP contribution in [0.4, 0.5) is 9.52 Å². The van der Waals surface area contributed by atoms with Crippen molar-refractivity contribution in [1.82, 2.24) is 25.4 Å². The molecule has 4 rings (SSSR count). The molecule has 0 bridgehead atoms. The molecule has 1 aliphatic rings. The molecule has 1 saturated heterocycles. The maximum absolute atomic E-state index is 13.0. The first-order valence-electron chi connectivity index (χ1n) is 7.97. The zero-order valence-electron chi connectivity index (χ0n) is 13.5. The number of fused-ring (bicyclic) bond motifs is 1. The second-order valence-electron chi connectivity index (χ2n) is 6.18. The number of benzene rings is 1. The second kappa shape index (κ2) is 6.12. The van der Waals surface area contributed by atoms with Crippen LogP contribution in [-0.4, -0.2) is 33.2 Å². The smallest absolute Gasteiger partial charge is 0.214 e. The number of nitrogens with zero attached hydrogens (tertiary/aromatic N) is 3. The van der Waals surface area contributed by atoms with E-state index in [4.69, 9.17) is 0 Å². The van der Waals surface area contributed by atoms with E-state index in [1.807, 2.05) is 6.20 Å². The molecule has 0 radical (unpaired) electrons. The molecule has 3 N–H and O–H groups in total. The van der Waals surface area contributed by atoms with Crippen molar-refractivity contribution in [2.75, 3.05) is 11.9 Å². The highest BCUT2D eigenvalue weighted by Gasteiger charge is 2.29. The normalized spacial score (nSPS) is 23.9. The summed E-state index contributed by atoms with van der Waals surface area (Å²) in [5, 5.41) is 8.80. The molecule has 8 heteroatoms. The molecule has 2 aromatic heterocycles. The van der Waals surface area contributed by atoms with Crippen LogP contribution >= 0.6 is 11.3 Å². The van der Waals surface area contributed by atoms with E-state index >= 15 is 0 Å². The zero-order valence-corrected chi connectivity index (χ0v) is 14.3. The number of nitrogens with one attached hydrogen (secondary N) is 3. The average Bonchev–Trinajstić information content (AvgIpc) is 3.20. The van der Waals surface area contributed by atoms with Crippen molar-refractivity contribution in [2.45, 2.75) is 25.9 Å². The molecule has 1 aromatic carbocycles. The van der Waals surface area contributed by atoms with Crippen molar-refractivity contribution in [3.63, 3.8) is 0 Å². The lowest BCUT2D eigenvalue weighted by molar-refractivity contribution is 0.466. The summed E-state index contributed by atoms with van der Waals surface area (Å²) < 4.78 is 14.8. The lowest BCUT2D eigenvalue weighted by Gasteiger charge is -2.17. The Hall–Kier alpha value is -2.03. The van der Waals surface area contributed by atoms with Gasteiger partial charge < -0.3 is 5.32 Å². The lowest BCUT2D eigenvalue weighted by Crippen LogP contribution is -2.30. The average molecular weight is 346 g/mol. The molecule has 1 fully saturated rings. The summed E-state index contributed by atoms with van der Waals surface area (Å²) in [4.78, 5) is 5.39. The second-order valence-corrected chi connectivity index (χ2v) is 7.13. The van der Waals surface area contributed by atoms with E-state index in [0.717, 1.165) is 27.9 Å². The minimum absolute atomic E-state index is 0.247. The van der Waals surface area contributed by atoms with Gasteiger partial charge in [-0.15, -0.1) is 5.10 Å². The summed E-state index contributed by atoms with van der Waals surface area (Å²) >= 11 is 1.52. The predicted octanol–water partition coefficient (Wildman–Crippen LogP) is 2.51. The molecule has 0 saturated carbocycles. The number of hydrogen-bond acceptors (Lipinski definition) is 6. The monoisotopic (exact) mass is 346 g/mol. The van der Waals surface area contributed by atoms with E-state index < -0.39 is 0 Å². The number of hydrazine groups is 1. The summed E-state index contributed by atoms with van der Waals surface area (Å²) in [7, 11) is 0. The molecular weight excluding hydrogens is 327 g/mol. The van der Waals surface area contributed by atoms with Crippen LogP contribution < -0.4 is 16.2 Å². The van der Waals surface area contributed by atoms with Crippen LogP contribution in [0.25, 0.3) is 16.2 Å². The van der Waals surface area contributed by atoms with E-state index in [0.29, 0.717) is 18.0 Å². The minimum atomic E-state index is -0.247. The Morgan fingerprint density at radius 1 is 1.21 bits per heavy atom. The Balaban J connectivity index is 1.48. The van der Waals surface area contributed by atoms with Crippen LogP contribution in [0.5, 0.6) is 0 Å². The Labute approximate surface area is 143 Å². The van der Waals surface area contributed by atoms with Crippen molar-refractivity contribution in [3.8, 4) is 11.3 Å². The van der Waals surface area contributed by atoms with Crippen molar-refractivity contribution >= 4 is 21.4 Å².